The molecule has 1 heterocycles. The number of rotatable bonds is 7. The van der Waals surface area contributed by atoms with Gasteiger partial charge in [0, 0.05) is 17.9 Å². The summed E-state index contributed by atoms with van der Waals surface area (Å²) in [5.74, 6) is -3.12. The molecule has 0 aliphatic carbocycles. The first kappa shape index (κ1) is 17.2. The van der Waals surface area contributed by atoms with E-state index in [0.717, 1.165) is 0 Å². The molecule has 0 aromatic heterocycles. The summed E-state index contributed by atoms with van der Waals surface area (Å²) in [5.41, 5.74) is 8.11. The van der Waals surface area contributed by atoms with Crippen molar-refractivity contribution in [3.8, 4) is 0 Å². The van der Waals surface area contributed by atoms with Crippen molar-refractivity contribution in [1.29, 1.82) is 0 Å². The molecule has 0 radical (unpaired) electrons. The minimum absolute atomic E-state index is 0.115. The van der Waals surface area contributed by atoms with Crippen LogP contribution in [0.3, 0.4) is 0 Å². The van der Waals surface area contributed by atoms with Crippen LogP contribution in [0.2, 0.25) is 0 Å². The Labute approximate surface area is 122 Å². The molecular formula is C13H19N3O5. The van der Waals surface area contributed by atoms with Crippen LogP contribution in [0, 0.1) is 11.8 Å². The fourth-order valence-corrected chi connectivity index (χ4v) is 2.31. The van der Waals surface area contributed by atoms with Crippen molar-refractivity contribution in [3.63, 3.8) is 0 Å². The largest absolute Gasteiger partial charge is 0.453 e. The molecule has 5 atom stereocenters. The SMILES string of the molecule is C=CCOC(=O)C(=[N+]=[N-])C(=O)[C@H](C)[C@@H]1NC(O)[C@@H]1[C@@H](C)O. The molecular weight excluding hydrogens is 278 g/mol. The van der Waals surface area contributed by atoms with Crippen LogP contribution in [0.5, 0.6) is 0 Å². The van der Waals surface area contributed by atoms with Gasteiger partial charge in [0.2, 0.25) is 0 Å². The number of hydrogen-bond donors (Lipinski definition) is 3. The molecule has 0 bridgehead atoms. The van der Waals surface area contributed by atoms with Crippen molar-refractivity contribution in [2.24, 2.45) is 11.8 Å². The van der Waals surface area contributed by atoms with Crippen LogP contribution in [-0.4, -0.2) is 57.4 Å². The van der Waals surface area contributed by atoms with Crippen LogP contribution >= 0.6 is 0 Å². The number of carbonyl (C=O) groups excluding carboxylic acids is 2. The van der Waals surface area contributed by atoms with Gasteiger partial charge in [-0.2, -0.15) is 4.79 Å². The second-order valence-corrected chi connectivity index (χ2v) is 4.94. The van der Waals surface area contributed by atoms with Gasteiger partial charge in [-0.25, -0.2) is 4.79 Å². The normalized spacial score (nSPS) is 26.8. The fourth-order valence-electron chi connectivity index (χ4n) is 2.31. The number of nitrogens with zero attached hydrogens (tertiary/aromatic N) is 2. The van der Waals surface area contributed by atoms with Gasteiger partial charge in [0.15, 0.2) is 0 Å². The van der Waals surface area contributed by atoms with Gasteiger partial charge < -0.3 is 20.5 Å². The first-order valence-corrected chi connectivity index (χ1v) is 6.51. The highest BCUT2D eigenvalue weighted by Gasteiger charge is 2.49. The second-order valence-electron chi connectivity index (χ2n) is 4.94. The van der Waals surface area contributed by atoms with Gasteiger partial charge in [0.25, 0.3) is 5.78 Å². The fraction of sp³-hybridized carbons (Fsp3) is 0.615. The first-order chi connectivity index (χ1) is 9.84. The molecule has 116 valence electrons. The Morgan fingerprint density at radius 3 is 2.57 bits per heavy atom. The quantitative estimate of drug-likeness (QED) is 0.136. The topological polar surface area (TPSA) is 132 Å². The summed E-state index contributed by atoms with van der Waals surface area (Å²) >= 11 is 0. The summed E-state index contributed by atoms with van der Waals surface area (Å²) in [4.78, 5) is 26.5. The summed E-state index contributed by atoms with van der Waals surface area (Å²) in [6.45, 7) is 6.25. The average Bonchev–Trinajstić information content (AvgIpc) is 2.41. The molecule has 1 rings (SSSR count). The van der Waals surface area contributed by atoms with E-state index < -0.39 is 47.7 Å². The monoisotopic (exact) mass is 297 g/mol. The van der Waals surface area contributed by atoms with E-state index >= 15 is 0 Å². The summed E-state index contributed by atoms with van der Waals surface area (Å²) < 4.78 is 4.65. The maximum Gasteiger partial charge on any atom is 0.441 e. The maximum atomic E-state index is 12.2. The van der Waals surface area contributed by atoms with Crippen LogP contribution in [0.25, 0.3) is 5.53 Å². The highest BCUT2D eigenvalue weighted by atomic mass is 16.5. The van der Waals surface area contributed by atoms with E-state index in [1.165, 1.54) is 19.9 Å². The third kappa shape index (κ3) is 3.62. The van der Waals surface area contributed by atoms with E-state index in [1.807, 2.05) is 0 Å². The summed E-state index contributed by atoms with van der Waals surface area (Å²) in [6, 6.07) is -0.531. The number of ether oxygens (including phenoxy) is 1. The Kier molecular flexibility index (Phi) is 5.92. The lowest BCUT2D eigenvalue weighted by atomic mass is 9.76. The number of aliphatic hydroxyl groups is 2. The number of ketones is 1. The number of Topliss-reactive ketones (excluding diaryl/α,β-unsaturated/α-hetero) is 1. The third-order valence-electron chi connectivity index (χ3n) is 3.51. The second kappa shape index (κ2) is 7.24. The standard InChI is InChI=1S/C13H19N3O5/c1-4-5-21-13(20)10(16-14)11(18)6(2)9-8(7(3)17)12(19)15-9/h4,6-9,12,15,17,19H,1,5H2,2-3H3/t6-,7-,8-,9+,12?/m1/s1. The number of aliphatic hydroxyl groups excluding tert-OH is 2. The molecule has 1 aliphatic heterocycles. The van der Waals surface area contributed by atoms with Crippen molar-refractivity contribution >= 4 is 17.5 Å². The molecule has 0 aromatic carbocycles. The van der Waals surface area contributed by atoms with Crippen LogP contribution in [-0.2, 0) is 14.3 Å². The number of nitrogens with one attached hydrogen (secondary N) is 1. The van der Waals surface area contributed by atoms with E-state index in [4.69, 9.17) is 5.53 Å². The smallest absolute Gasteiger partial charge is 0.441 e. The molecule has 1 saturated heterocycles. The van der Waals surface area contributed by atoms with Gasteiger partial charge in [-0.3, -0.25) is 10.1 Å². The Hall–Kier alpha value is -1.86. The predicted molar refractivity (Wildman–Crippen MR) is 72.1 cm³/mol. The van der Waals surface area contributed by atoms with Gasteiger partial charge in [-0.1, -0.05) is 19.6 Å². The van der Waals surface area contributed by atoms with E-state index in [-0.39, 0.29) is 6.61 Å². The molecule has 0 aromatic rings. The Morgan fingerprint density at radius 2 is 2.14 bits per heavy atom. The van der Waals surface area contributed by atoms with Gasteiger partial charge in [-0.15, -0.1) is 0 Å². The zero-order valence-electron chi connectivity index (χ0n) is 11.9. The Bertz CT molecular complexity index is 479. The van der Waals surface area contributed by atoms with E-state index in [1.54, 1.807) is 0 Å². The molecule has 8 heteroatoms. The van der Waals surface area contributed by atoms with Crippen molar-refractivity contribution in [2.45, 2.75) is 32.2 Å². The molecule has 0 saturated carbocycles. The minimum Gasteiger partial charge on any atom is -0.453 e. The minimum atomic E-state index is -1.05. The number of carbonyl (C=O) groups is 2. The maximum absolute atomic E-state index is 12.2. The molecule has 3 N–H and O–H groups in total. The predicted octanol–water partition coefficient (Wildman–Crippen LogP) is -1.12. The summed E-state index contributed by atoms with van der Waals surface area (Å²) in [6.07, 6.45) is -0.440. The van der Waals surface area contributed by atoms with Crippen LogP contribution in [0.4, 0.5) is 0 Å². The molecule has 1 fully saturated rings. The molecule has 0 spiro atoms. The zero-order chi connectivity index (χ0) is 16.2. The van der Waals surface area contributed by atoms with Gasteiger partial charge in [-0.05, 0) is 6.92 Å². The third-order valence-corrected chi connectivity index (χ3v) is 3.51. The van der Waals surface area contributed by atoms with Crippen molar-refractivity contribution < 1.29 is 29.3 Å². The van der Waals surface area contributed by atoms with Gasteiger partial charge in [0.05, 0.1) is 6.10 Å². The lowest BCUT2D eigenvalue weighted by Crippen LogP contribution is -2.68. The zero-order valence-corrected chi connectivity index (χ0v) is 11.9. The van der Waals surface area contributed by atoms with Crippen LogP contribution < -0.4 is 5.32 Å². The van der Waals surface area contributed by atoms with E-state index in [2.05, 4.69) is 21.4 Å². The molecule has 0 amide bonds. The van der Waals surface area contributed by atoms with Crippen molar-refractivity contribution in [2.75, 3.05) is 6.61 Å². The van der Waals surface area contributed by atoms with E-state index in [0.29, 0.717) is 0 Å². The van der Waals surface area contributed by atoms with Crippen molar-refractivity contribution in [3.05, 3.63) is 18.2 Å². The van der Waals surface area contributed by atoms with Gasteiger partial charge >= 0.3 is 11.7 Å². The molecule has 8 nitrogen and oxygen atoms in total. The lowest BCUT2D eigenvalue weighted by Gasteiger charge is -2.46. The van der Waals surface area contributed by atoms with Crippen LogP contribution in [0.1, 0.15) is 13.8 Å². The Morgan fingerprint density at radius 1 is 1.52 bits per heavy atom. The molecule has 1 aliphatic rings. The van der Waals surface area contributed by atoms with E-state index in [9.17, 15) is 19.8 Å². The first-order valence-electron chi connectivity index (χ1n) is 6.51. The lowest BCUT2D eigenvalue weighted by molar-refractivity contribution is -0.144. The highest BCUT2D eigenvalue weighted by Crippen LogP contribution is 2.29. The van der Waals surface area contributed by atoms with Crippen LogP contribution in [0.15, 0.2) is 12.7 Å². The highest BCUT2D eigenvalue weighted by molar-refractivity contribution is 6.62. The number of esters is 1. The Balaban J connectivity index is 2.79. The van der Waals surface area contributed by atoms with Crippen molar-refractivity contribution in [1.82, 2.24) is 5.32 Å². The molecule has 1 unspecified atom stereocenters. The summed E-state index contributed by atoms with van der Waals surface area (Å²) in [7, 11) is 0. The summed E-state index contributed by atoms with van der Waals surface area (Å²) in [5, 5.41) is 21.8. The van der Waals surface area contributed by atoms with Gasteiger partial charge in [0.1, 0.15) is 12.8 Å². The number of hydrogen-bond acceptors (Lipinski definition) is 6. The molecule has 21 heavy (non-hydrogen) atoms. The average molecular weight is 297 g/mol.